The van der Waals surface area contributed by atoms with Gasteiger partial charge in [0.15, 0.2) is 6.61 Å². The van der Waals surface area contributed by atoms with Gasteiger partial charge in [-0.05, 0) is 55.5 Å². The second kappa shape index (κ2) is 12.7. The van der Waals surface area contributed by atoms with Crippen LogP contribution < -0.4 is 19.8 Å². The number of carbonyl (C=O) groups is 4. The summed E-state index contributed by atoms with van der Waals surface area (Å²) >= 11 is 14.1. The number of fused-ring (bicyclic) bond motifs is 2. The highest BCUT2D eigenvalue weighted by molar-refractivity contribution is 8.00. The van der Waals surface area contributed by atoms with Gasteiger partial charge in [-0.1, -0.05) is 64.5 Å². The number of para-hydroxylation sites is 1. The Bertz CT molecular complexity index is 1890. The number of halogens is 2. The zero-order valence-electron chi connectivity index (χ0n) is 23.4. The predicted octanol–water partition coefficient (Wildman–Crippen LogP) is 5.73. The molecular formula is C31H23Cl2N3O7S2. The van der Waals surface area contributed by atoms with Crippen molar-refractivity contribution in [3.8, 4) is 5.75 Å². The van der Waals surface area contributed by atoms with Crippen LogP contribution in [-0.2, 0) is 19.1 Å². The molecule has 6 rings (SSSR count). The number of H-pyrrole nitrogens is 1. The number of anilines is 2. The second-order valence-electron chi connectivity index (χ2n) is 10.0. The van der Waals surface area contributed by atoms with Gasteiger partial charge in [0.1, 0.15) is 11.0 Å². The lowest BCUT2D eigenvalue weighted by atomic mass is 9.82. The van der Waals surface area contributed by atoms with E-state index in [4.69, 9.17) is 32.7 Å². The standard InChI is InChI=1S/C31H23Cl2N3O7S2/c1-2-42-30(40)15-7-10-17(11-8-15)36-28(38)24-23(25-27(35-31(41)45-25)44-26(24)29(36)39)18-5-3-4-6-21(18)43-14-22(37)34-16-9-12-19(32)20(33)13-16/h3-13,23-24,26H,2,14H2,1H3,(H,34,37)(H,35,41)/t23-,24?,26?/m1/s1. The molecule has 230 valence electrons. The highest BCUT2D eigenvalue weighted by atomic mass is 35.5. The van der Waals surface area contributed by atoms with Crippen LogP contribution in [0, 0.1) is 5.92 Å². The van der Waals surface area contributed by atoms with E-state index in [0.717, 1.165) is 28.0 Å². The van der Waals surface area contributed by atoms with Gasteiger partial charge in [0.05, 0.1) is 38.8 Å². The maximum absolute atomic E-state index is 14.1. The van der Waals surface area contributed by atoms with Crippen molar-refractivity contribution in [3.05, 3.63) is 102 Å². The van der Waals surface area contributed by atoms with Crippen molar-refractivity contribution in [1.82, 2.24) is 4.98 Å². The average Bonchev–Trinajstić information content (AvgIpc) is 3.52. The molecule has 0 spiro atoms. The molecule has 14 heteroatoms. The number of aromatic amines is 1. The van der Waals surface area contributed by atoms with Crippen molar-refractivity contribution in [2.24, 2.45) is 5.92 Å². The van der Waals surface area contributed by atoms with Crippen molar-refractivity contribution < 1.29 is 28.7 Å². The van der Waals surface area contributed by atoms with E-state index in [2.05, 4.69) is 10.3 Å². The molecule has 3 heterocycles. The third kappa shape index (κ3) is 5.98. The van der Waals surface area contributed by atoms with Crippen LogP contribution in [0.4, 0.5) is 11.4 Å². The molecule has 2 aliphatic heterocycles. The zero-order chi connectivity index (χ0) is 31.8. The molecule has 0 saturated carbocycles. The molecule has 0 aliphatic carbocycles. The number of imide groups is 1. The molecule has 2 aliphatic rings. The van der Waals surface area contributed by atoms with Crippen LogP contribution in [0.1, 0.15) is 33.6 Å². The number of aromatic nitrogens is 1. The molecule has 0 bridgehead atoms. The van der Waals surface area contributed by atoms with Crippen molar-refractivity contribution in [1.29, 1.82) is 0 Å². The van der Waals surface area contributed by atoms with Gasteiger partial charge in [-0.3, -0.25) is 19.2 Å². The summed E-state index contributed by atoms with van der Waals surface area (Å²) in [6.07, 6.45) is 0. The Kier molecular flexibility index (Phi) is 8.74. The number of ether oxygens (including phenoxy) is 2. The number of carbonyl (C=O) groups excluding carboxylic acids is 4. The third-order valence-electron chi connectivity index (χ3n) is 7.28. The first kappa shape index (κ1) is 30.9. The van der Waals surface area contributed by atoms with Crippen molar-refractivity contribution in [2.45, 2.75) is 23.1 Å². The smallest absolute Gasteiger partial charge is 0.338 e. The van der Waals surface area contributed by atoms with Gasteiger partial charge in [0.2, 0.25) is 11.8 Å². The van der Waals surface area contributed by atoms with Crippen LogP contribution in [0.3, 0.4) is 0 Å². The number of hydrogen-bond donors (Lipinski definition) is 2. The molecule has 3 aromatic carbocycles. The Labute approximate surface area is 274 Å². The van der Waals surface area contributed by atoms with E-state index in [9.17, 15) is 24.0 Å². The van der Waals surface area contributed by atoms with Gasteiger partial charge in [0, 0.05) is 22.0 Å². The number of nitrogens with one attached hydrogen (secondary N) is 2. The summed E-state index contributed by atoms with van der Waals surface area (Å²) < 4.78 is 11.0. The van der Waals surface area contributed by atoms with Gasteiger partial charge >= 0.3 is 10.8 Å². The van der Waals surface area contributed by atoms with Gasteiger partial charge < -0.3 is 19.8 Å². The van der Waals surface area contributed by atoms with Crippen molar-refractivity contribution in [2.75, 3.05) is 23.4 Å². The highest BCUT2D eigenvalue weighted by Gasteiger charge is 2.56. The monoisotopic (exact) mass is 683 g/mol. The number of amides is 3. The van der Waals surface area contributed by atoms with Crippen LogP contribution >= 0.6 is 46.3 Å². The lowest BCUT2D eigenvalue weighted by molar-refractivity contribution is -0.122. The first-order valence-electron chi connectivity index (χ1n) is 13.7. The summed E-state index contributed by atoms with van der Waals surface area (Å²) in [6, 6.07) is 17.7. The topological polar surface area (TPSA) is 135 Å². The van der Waals surface area contributed by atoms with Crippen LogP contribution in [0.25, 0.3) is 0 Å². The van der Waals surface area contributed by atoms with Crippen LogP contribution in [0.5, 0.6) is 5.75 Å². The molecule has 3 amide bonds. The fourth-order valence-electron chi connectivity index (χ4n) is 5.35. The van der Waals surface area contributed by atoms with Gasteiger partial charge in [-0.2, -0.15) is 0 Å². The largest absolute Gasteiger partial charge is 0.483 e. The molecule has 4 aromatic rings. The van der Waals surface area contributed by atoms with E-state index >= 15 is 0 Å². The maximum Gasteiger partial charge on any atom is 0.338 e. The van der Waals surface area contributed by atoms with E-state index in [-0.39, 0.29) is 23.1 Å². The summed E-state index contributed by atoms with van der Waals surface area (Å²) in [5.74, 6) is -3.14. The molecule has 1 aromatic heterocycles. The molecule has 2 N–H and O–H groups in total. The first-order valence-corrected chi connectivity index (χ1v) is 16.1. The Hall–Kier alpha value is -4.10. The van der Waals surface area contributed by atoms with E-state index in [1.54, 1.807) is 43.3 Å². The number of nitrogens with zero attached hydrogens (tertiary/aromatic N) is 1. The van der Waals surface area contributed by atoms with Gasteiger partial charge in [-0.15, -0.1) is 0 Å². The van der Waals surface area contributed by atoms with Gasteiger partial charge in [-0.25, -0.2) is 9.69 Å². The fraction of sp³-hybridized carbons (Fsp3) is 0.194. The van der Waals surface area contributed by atoms with Crippen molar-refractivity contribution >= 4 is 81.4 Å². The highest BCUT2D eigenvalue weighted by Crippen LogP contribution is 2.54. The lowest BCUT2D eigenvalue weighted by Crippen LogP contribution is -2.32. The minimum Gasteiger partial charge on any atom is -0.483 e. The van der Waals surface area contributed by atoms with E-state index in [1.807, 2.05) is 0 Å². The minimum atomic E-state index is -0.874. The quantitative estimate of drug-likeness (QED) is 0.178. The van der Waals surface area contributed by atoms with E-state index in [1.165, 1.54) is 30.3 Å². The van der Waals surface area contributed by atoms with E-state index < -0.39 is 40.8 Å². The van der Waals surface area contributed by atoms with E-state index in [0.29, 0.717) is 43.2 Å². The minimum absolute atomic E-state index is 0.213. The number of esters is 1. The normalized spacial score (nSPS) is 18.7. The fourth-order valence-corrected chi connectivity index (χ4v) is 8.15. The predicted molar refractivity (Wildman–Crippen MR) is 172 cm³/mol. The number of rotatable bonds is 8. The summed E-state index contributed by atoms with van der Waals surface area (Å²) in [5, 5.41) is 3.00. The van der Waals surface area contributed by atoms with Crippen molar-refractivity contribution in [3.63, 3.8) is 0 Å². The Balaban J connectivity index is 1.30. The average molecular weight is 685 g/mol. The molecule has 2 unspecified atom stereocenters. The molecule has 10 nitrogen and oxygen atoms in total. The first-order chi connectivity index (χ1) is 21.7. The van der Waals surface area contributed by atoms with Crippen LogP contribution in [0.2, 0.25) is 10.0 Å². The Morgan fingerprint density at radius 1 is 0.978 bits per heavy atom. The van der Waals surface area contributed by atoms with Crippen LogP contribution in [-0.4, -0.2) is 47.1 Å². The molecular weight excluding hydrogens is 661 g/mol. The molecule has 45 heavy (non-hydrogen) atoms. The number of hydrogen-bond acceptors (Lipinski definition) is 9. The molecule has 3 atom stereocenters. The third-order valence-corrected chi connectivity index (χ3v) is 10.4. The summed E-state index contributed by atoms with van der Waals surface area (Å²) in [7, 11) is 0. The number of thiazole rings is 1. The second-order valence-corrected chi connectivity index (χ2v) is 13.0. The summed E-state index contributed by atoms with van der Waals surface area (Å²) in [5.41, 5.74) is 1.59. The molecule has 0 radical (unpaired) electrons. The van der Waals surface area contributed by atoms with Gasteiger partial charge in [0.25, 0.3) is 5.91 Å². The zero-order valence-corrected chi connectivity index (χ0v) is 26.5. The SMILES string of the molecule is CCOC(=O)c1ccc(N2C(=O)C3Sc4[nH]c(=O)sc4[C@H](c4ccccc4OCC(=O)Nc4ccc(Cl)c(Cl)c4)C3C2=O)cc1. The number of benzene rings is 3. The summed E-state index contributed by atoms with van der Waals surface area (Å²) in [6.45, 7) is 1.55. The Morgan fingerprint density at radius 3 is 2.47 bits per heavy atom. The summed E-state index contributed by atoms with van der Waals surface area (Å²) in [4.78, 5) is 69.5. The number of thioether (sulfide) groups is 1. The molecule has 1 saturated heterocycles. The maximum atomic E-state index is 14.1. The van der Waals surface area contributed by atoms with Crippen LogP contribution in [0.15, 0.2) is 76.6 Å². The lowest BCUT2D eigenvalue weighted by Gasteiger charge is -2.30. The molecule has 1 fully saturated rings. The Morgan fingerprint density at radius 2 is 1.73 bits per heavy atom.